The smallest absolute Gasteiger partial charge is 0.118 e. The molecule has 1 aromatic carbocycles. The van der Waals surface area contributed by atoms with E-state index in [-0.39, 0.29) is 15.6 Å². The maximum Gasteiger partial charge on any atom is 0.118 e. The first-order chi connectivity index (χ1) is 8.99. The molecule has 1 rings (SSSR count). The molecule has 20 heavy (non-hydrogen) atoms. The quantitative estimate of drug-likeness (QED) is 0.705. The third kappa shape index (κ3) is 3.72. The average Bonchev–Trinajstić information content (AvgIpc) is 2.28. The molecule has 0 amide bonds. The van der Waals surface area contributed by atoms with Gasteiger partial charge in [-0.25, -0.2) is 0 Å². The fraction of sp³-hybridized carbons (Fsp3) is 0.667. The standard InChI is InChI=1S/C18H30OS/c1-16(2,3)18(20,17(4,5)6)13-9-11-14-10-7-8-12-15(14)19/h7-8,10,12,19-20H,9,11,13H2,1-6H3. The Hall–Kier alpha value is -0.630. The highest BCUT2D eigenvalue weighted by Gasteiger charge is 2.46. The molecule has 0 atom stereocenters. The van der Waals surface area contributed by atoms with Gasteiger partial charge in [-0.2, -0.15) is 12.6 Å². The number of hydrogen-bond acceptors (Lipinski definition) is 2. The van der Waals surface area contributed by atoms with Crippen molar-refractivity contribution in [3.8, 4) is 5.75 Å². The third-order valence-corrected chi connectivity index (χ3v) is 6.02. The molecule has 0 bridgehead atoms. The van der Waals surface area contributed by atoms with E-state index < -0.39 is 0 Å². The van der Waals surface area contributed by atoms with E-state index in [9.17, 15) is 5.11 Å². The maximum absolute atomic E-state index is 9.84. The highest BCUT2D eigenvalue weighted by molar-refractivity contribution is 7.82. The molecule has 0 unspecified atom stereocenters. The van der Waals surface area contributed by atoms with E-state index in [1.165, 1.54) is 0 Å². The van der Waals surface area contributed by atoms with Crippen LogP contribution in [0, 0.1) is 10.8 Å². The first kappa shape index (κ1) is 17.4. The molecule has 0 saturated carbocycles. The van der Waals surface area contributed by atoms with Crippen LogP contribution in [0.4, 0.5) is 0 Å². The molecule has 0 aromatic heterocycles. The highest BCUT2D eigenvalue weighted by atomic mass is 32.1. The van der Waals surface area contributed by atoms with Gasteiger partial charge in [0.1, 0.15) is 5.75 Å². The van der Waals surface area contributed by atoms with Crippen LogP contribution in [0.2, 0.25) is 0 Å². The summed E-state index contributed by atoms with van der Waals surface area (Å²) in [6.07, 6.45) is 2.98. The third-order valence-electron chi connectivity index (χ3n) is 4.46. The minimum atomic E-state index is -0.0373. The van der Waals surface area contributed by atoms with Crippen LogP contribution in [0.15, 0.2) is 24.3 Å². The summed E-state index contributed by atoms with van der Waals surface area (Å²) in [5.74, 6) is 0.406. The van der Waals surface area contributed by atoms with Crippen molar-refractivity contribution in [2.24, 2.45) is 10.8 Å². The second-order valence-corrected chi connectivity index (χ2v) is 8.61. The first-order valence-electron chi connectivity index (χ1n) is 7.48. The van der Waals surface area contributed by atoms with Gasteiger partial charge in [-0.1, -0.05) is 59.7 Å². The van der Waals surface area contributed by atoms with Gasteiger partial charge in [0.05, 0.1) is 0 Å². The lowest BCUT2D eigenvalue weighted by molar-refractivity contribution is 0.131. The molecule has 1 N–H and O–H groups in total. The van der Waals surface area contributed by atoms with E-state index in [1.54, 1.807) is 6.07 Å². The van der Waals surface area contributed by atoms with Crippen LogP contribution in [0.1, 0.15) is 59.9 Å². The monoisotopic (exact) mass is 294 g/mol. The molecule has 2 heteroatoms. The molecule has 0 radical (unpaired) electrons. The lowest BCUT2D eigenvalue weighted by atomic mass is 9.63. The molecule has 114 valence electrons. The molecule has 1 aromatic rings. The zero-order chi connectivity index (χ0) is 15.6. The van der Waals surface area contributed by atoms with Crippen molar-refractivity contribution < 1.29 is 5.11 Å². The zero-order valence-electron chi connectivity index (χ0n) is 13.8. The summed E-state index contributed by atoms with van der Waals surface area (Å²) in [5.41, 5.74) is 1.30. The molecule has 0 aliphatic carbocycles. The number of thiol groups is 1. The van der Waals surface area contributed by atoms with E-state index in [1.807, 2.05) is 18.2 Å². The lowest BCUT2D eigenvalue weighted by Crippen LogP contribution is -2.48. The summed E-state index contributed by atoms with van der Waals surface area (Å²) in [6, 6.07) is 7.61. The summed E-state index contributed by atoms with van der Waals surface area (Å²) < 4.78 is -0.0373. The normalized spacial score (nSPS) is 13.6. The van der Waals surface area contributed by atoms with Crippen LogP contribution in [0.5, 0.6) is 5.75 Å². The maximum atomic E-state index is 9.84. The number of hydrogen-bond donors (Lipinski definition) is 2. The SMILES string of the molecule is CC(C)(C)C(S)(CCCc1ccccc1O)C(C)(C)C. The largest absolute Gasteiger partial charge is 0.508 e. The summed E-state index contributed by atoms with van der Waals surface area (Å²) in [4.78, 5) is 0. The lowest BCUT2D eigenvalue weighted by Gasteiger charge is -2.51. The van der Waals surface area contributed by atoms with Crippen LogP contribution in [-0.2, 0) is 6.42 Å². The van der Waals surface area contributed by atoms with Crippen LogP contribution in [-0.4, -0.2) is 9.85 Å². The average molecular weight is 295 g/mol. The first-order valence-corrected chi connectivity index (χ1v) is 7.93. The second kappa shape index (κ2) is 6.01. The Labute approximate surface area is 130 Å². The number of para-hydroxylation sites is 1. The zero-order valence-corrected chi connectivity index (χ0v) is 14.7. The number of aromatic hydroxyl groups is 1. The molecule has 0 spiro atoms. The van der Waals surface area contributed by atoms with Gasteiger partial charge < -0.3 is 5.11 Å². The van der Waals surface area contributed by atoms with E-state index in [0.29, 0.717) is 5.75 Å². The summed E-state index contributed by atoms with van der Waals surface area (Å²) in [7, 11) is 0. The van der Waals surface area contributed by atoms with E-state index >= 15 is 0 Å². The molecule has 0 aliphatic rings. The summed E-state index contributed by atoms with van der Waals surface area (Å²) in [5, 5.41) is 9.84. The van der Waals surface area contributed by atoms with Crippen LogP contribution in [0.25, 0.3) is 0 Å². The van der Waals surface area contributed by atoms with Crippen LogP contribution >= 0.6 is 12.6 Å². The van der Waals surface area contributed by atoms with Gasteiger partial charge >= 0.3 is 0 Å². The van der Waals surface area contributed by atoms with Gasteiger partial charge in [-0.3, -0.25) is 0 Å². The van der Waals surface area contributed by atoms with E-state index in [2.05, 4.69) is 41.5 Å². The minimum absolute atomic E-state index is 0.0373. The van der Waals surface area contributed by atoms with Crippen molar-refractivity contribution in [2.45, 2.75) is 65.6 Å². The van der Waals surface area contributed by atoms with E-state index in [4.69, 9.17) is 12.6 Å². The number of phenolic OH excluding ortho intramolecular Hbond substituents is 1. The van der Waals surface area contributed by atoms with Crippen molar-refractivity contribution >= 4 is 12.6 Å². The number of rotatable bonds is 4. The Morgan fingerprint density at radius 2 is 1.45 bits per heavy atom. The Morgan fingerprint density at radius 1 is 0.950 bits per heavy atom. The highest BCUT2D eigenvalue weighted by Crippen LogP contribution is 2.51. The Balaban J connectivity index is 2.78. The Kier molecular flexibility index (Phi) is 5.23. The number of benzene rings is 1. The predicted octanol–water partition coefficient (Wildman–Crippen LogP) is 5.48. The van der Waals surface area contributed by atoms with Gasteiger partial charge in [0, 0.05) is 4.75 Å². The van der Waals surface area contributed by atoms with Gasteiger partial charge in [-0.05, 0) is 41.7 Å². The van der Waals surface area contributed by atoms with Gasteiger partial charge in [-0.15, -0.1) is 0 Å². The van der Waals surface area contributed by atoms with Gasteiger partial charge in [0.25, 0.3) is 0 Å². The van der Waals surface area contributed by atoms with E-state index in [0.717, 1.165) is 24.8 Å². The summed E-state index contributed by atoms with van der Waals surface area (Å²) in [6.45, 7) is 13.6. The molecular weight excluding hydrogens is 264 g/mol. The molecule has 1 nitrogen and oxygen atoms in total. The molecule has 0 saturated heterocycles. The van der Waals surface area contributed by atoms with Crippen LogP contribution in [0.3, 0.4) is 0 Å². The Morgan fingerprint density at radius 3 is 1.90 bits per heavy atom. The molecule has 0 heterocycles. The predicted molar refractivity (Wildman–Crippen MR) is 91.7 cm³/mol. The number of phenols is 1. The van der Waals surface area contributed by atoms with Crippen molar-refractivity contribution in [3.05, 3.63) is 29.8 Å². The van der Waals surface area contributed by atoms with Gasteiger partial charge in [0.2, 0.25) is 0 Å². The fourth-order valence-corrected chi connectivity index (χ4v) is 3.29. The fourth-order valence-electron chi connectivity index (χ4n) is 3.13. The van der Waals surface area contributed by atoms with Gasteiger partial charge in [0.15, 0.2) is 0 Å². The van der Waals surface area contributed by atoms with Crippen molar-refractivity contribution in [1.29, 1.82) is 0 Å². The second-order valence-electron chi connectivity index (χ2n) is 7.84. The topological polar surface area (TPSA) is 20.2 Å². The Bertz CT molecular complexity index is 423. The summed E-state index contributed by atoms with van der Waals surface area (Å²) >= 11 is 5.09. The minimum Gasteiger partial charge on any atom is -0.508 e. The van der Waals surface area contributed by atoms with Crippen LogP contribution < -0.4 is 0 Å². The molecule has 0 fully saturated rings. The van der Waals surface area contributed by atoms with Crippen molar-refractivity contribution in [1.82, 2.24) is 0 Å². The van der Waals surface area contributed by atoms with Crippen molar-refractivity contribution in [2.75, 3.05) is 0 Å². The molecular formula is C18H30OS. The molecule has 0 aliphatic heterocycles. The number of aryl methyl sites for hydroxylation is 1. The van der Waals surface area contributed by atoms with Crippen molar-refractivity contribution in [3.63, 3.8) is 0 Å².